The van der Waals surface area contributed by atoms with Gasteiger partial charge in [-0.3, -0.25) is 0 Å². The Hall–Kier alpha value is -2.19. The van der Waals surface area contributed by atoms with Gasteiger partial charge in [-0.15, -0.1) is 0 Å². The van der Waals surface area contributed by atoms with Crippen molar-refractivity contribution < 1.29 is 17.2 Å². The number of oxazole rings is 1. The quantitative estimate of drug-likeness (QED) is 0.475. The van der Waals surface area contributed by atoms with Crippen molar-refractivity contribution in [1.82, 2.24) is 4.98 Å². The molecule has 152 valence electrons. The zero-order valence-electron chi connectivity index (χ0n) is 15.8. The SMILES string of the molecule is CC1CCN(c2oc(-c3ccccc3Br)nc2S(=O)(=O)c2ccc(F)cc2)CC1. The molecule has 1 saturated heterocycles. The molecule has 0 spiro atoms. The lowest BCUT2D eigenvalue weighted by Gasteiger charge is -2.30. The molecule has 0 saturated carbocycles. The first kappa shape index (κ1) is 20.1. The normalized spacial score (nSPS) is 15.6. The number of piperidine rings is 1. The summed E-state index contributed by atoms with van der Waals surface area (Å²) >= 11 is 3.47. The number of halogens is 2. The summed E-state index contributed by atoms with van der Waals surface area (Å²) in [6.07, 6.45) is 1.89. The van der Waals surface area contributed by atoms with Gasteiger partial charge in [0.2, 0.25) is 26.6 Å². The number of aromatic nitrogens is 1. The van der Waals surface area contributed by atoms with Gasteiger partial charge in [0.15, 0.2) is 0 Å². The molecule has 1 fully saturated rings. The van der Waals surface area contributed by atoms with Crippen LogP contribution in [0.2, 0.25) is 0 Å². The molecule has 0 radical (unpaired) electrons. The summed E-state index contributed by atoms with van der Waals surface area (Å²) in [7, 11) is -3.98. The van der Waals surface area contributed by atoms with Gasteiger partial charge >= 0.3 is 0 Å². The van der Waals surface area contributed by atoms with E-state index in [0.29, 0.717) is 24.6 Å². The third kappa shape index (κ3) is 3.96. The molecule has 4 rings (SSSR count). The Labute approximate surface area is 177 Å². The number of rotatable bonds is 4. The highest BCUT2D eigenvalue weighted by Crippen LogP contribution is 2.38. The molecule has 0 aliphatic carbocycles. The second kappa shape index (κ2) is 7.91. The molecule has 3 aromatic rings. The third-order valence-corrected chi connectivity index (χ3v) is 7.49. The van der Waals surface area contributed by atoms with Gasteiger partial charge in [0.25, 0.3) is 0 Å². The first-order valence-electron chi connectivity index (χ1n) is 9.37. The average Bonchev–Trinajstić information content (AvgIpc) is 3.15. The molecule has 1 aromatic heterocycles. The number of hydrogen-bond donors (Lipinski definition) is 0. The molecule has 5 nitrogen and oxygen atoms in total. The van der Waals surface area contributed by atoms with Crippen LogP contribution in [0.25, 0.3) is 11.5 Å². The van der Waals surface area contributed by atoms with E-state index in [1.165, 1.54) is 12.1 Å². The van der Waals surface area contributed by atoms with Crippen LogP contribution in [0.3, 0.4) is 0 Å². The average molecular weight is 479 g/mol. The van der Waals surface area contributed by atoms with Crippen LogP contribution in [0.15, 0.2) is 67.3 Å². The standard InChI is InChI=1S/C21H20BrFN2O3S/c1-14-10-12-25(13-11-14)21-20(29(26,27)16-8-6-15(23)7-9-16)24-19(28-21)17-4-2-3-5-18(17)22/h2-9,14H,10-13H2,1H3. The largest absolute Gasteiger partial charge is 0.419 e. The monoisotopic (exact) mass is 478 g/mol. The molecular weight excluding hydrogens is 459 g/mol. The summed E-state index contributed by atoms with van der Waals surface area (Å²) in [5.74, 6) is 0.552. The van der Waals surface area contributed by atoms with Crippen LogP contribution >= 0.6 is 15.9 Å². The second-order valence-electron chi connectivity index (χ2n) is 7.24. The van der Waals surface area contributed by atoms with Crippen LogP contribution in [0.1, 0.15) is 19.8 Å². The van der Waals surface area contributed by atoms with Crippen LogP contribution in [-0.4, -0.2) is 26.5 Å². The van der Waals surface area contributed by atoms with Crippen LogP contribution in [0.5, 0.6) is 0 Å². The van der Waals surface area contributed by atoms with E-state index in [1.54, 1.807) is 0 Å². The van der Waals surface area contributed by atoms with Gasteiger partial charge in [0.1, 0.15) is 5.82 Å². The minimum absolute atomic E-state index is 0.0162. The highest BCUT2D eigenvalue weighted by molar-refractivity contribution is 9.10. The van der Waals surface area contributed by atoms with E-state index in [2.05, 4.69) is 27.8 Å². The van der Waals surface area contributed by atoms with E-state index in [4.69, 9.17) is 4.42 Å². The topological polar surface area (TPSA) is 63.4 Å². The predicted octanol–water partition coefficient (Wildman–Crippen LogP) is 5.31. The Balaban J connectivity index is 1.85. The summed E-state index contributed by atoms with van der Waals surface area (Å²) in [5, 5.41) is -0.135. The zero-order valence-corrected chi connectivity index (χ0v) is 18.2. The summed E-state index contributed by atoms with van der Waals surface area (Å²) < 4.78 is 46.7. The van der Waals surface area contributed by atoms with Crippen molar-refractivity contribution in [3.63, 3.8) is 0 Å². The molecule has 0 atom stereocenters. The number of sulfone groups is 1. The number of nitrogens with zero attached hydrogens (tertiary/aromatic N) is 2. The number of anilines is 1. The maximum atomic E-state index is 13.3. The minimum atomic E-state index is -3.98. The van der Waals surface area contributed by atoms with Gasteiger partial charge in [0.05, 0.1) is 10.5 Å². The maximum absolute atomic E-state index is 13.3. The van der Waals surface area contributed by atoms with Gasteiger partial charge in [-0.05, 0) is 71.1 Å². The Morgan fingerprint density at radius 1 is 1.10 bits per heavy atom. The van der Waals surface area contributed by atoms with Crippen molar-refractivity contribution >= 4 is 31.7 Å². The van der Waals surface area contributed by atoms with Crippen molar-refractivity contribution in [2.75, 3.05) is 18.0 Å². The van der Waals surface area contributed by atoms with Crippen LogP contribution in [-0.2, 0) is 9.84 Å². The van der Waals surface area contributed by atoms with Gasteiger partial charge in [0, 0.05) is 17.6 Å². The summed E-state index contributed by atoms with van der Waals surface area (Å²) in [6.45, 7) is 3.57. The minimum Gasteiger partial charge on any atom is -0.419 e. The van der Waals surface area contributed by atoms with Crippen molar-refractivity contribution in [2.24, 2.45) is 5.92 Å². The van der Waals surface area contributed by atoms with E-state index in [9.17, 15) is 12.8 Å². The fraction of sp³-hybridized carbons (Fsp3) is 0.286. The lowest BCUT2D eigenvalue weighted by atomic mass is 9.99. The highest BCUT2D eigenvalue weighted by atomic mass is 79.9. The molecule has 29 heavy (non-hydrogen) atoms. The van der Waals surface area contributed by atoms with E-state index in [-0.39, 0.29) is 21.7 Å². The fourth-order valence-corrected chi connectivity index (χ4v) is 5.14. The van der Waals surface area contributed by atoms with Crippen molar-refractivity contribution in [3.8, 4) is 11.5 Å². The van der Waals surface area contributed by atoms with Gasteiger partial charge in [-0.1, -0.05) is 19.1 Å². The Kier molecular flexibility index (Phi) is 5.48. The molecule has 1 aliphatic heterocycles. The summed E-state index contributed by atoms with van der Waals surface area (Å²) in [5.41, 5.74) is 0.666. The van der Waals surface area contributed by atoms with Crippen molar-refractivity contribution in [2.45, 2.75) is 29.7 Å². The molecule has 0 N–H and O–H groups in total. The first-order valence-corrected chi connectivity index (χ1v) is 11.6. The van der Waals surface area contributed by atoms with Crippen LogP contribution < -0.4 is 4.90 Å². The predicted molar refractivity (Wildman–Crippen MR) is 112 cm³/mol. The third-order valence-electron chi connectivity index (χ3n) is 5.13. The van der Waals surface area contributed by atoms with Gasteiger partial charge in [-0.25, -0.2) is 12.8 Å². The van der Waals surface area contributed by atoms with E-state index < -0.39 is 15.7 Å². The summed E-state index contributed by atoms with van der Waals surface area (Å²) in [4.78, 5) is 6.30. The Bertz CT molecular complexity index is 1120. The van der Waals surface area contributed by atoms with E-state index in [1.807, 2.05) is 29.2 Å². The highest BCUT2D eigenvalue weighted by Gasteiger charge is 2.33. The first-order chi connectivity index (χ1) is 13.9. The van der Waals surface area contributed by atoms with Crippen LogP contribution in [0.4, 0.5) is 10.3 Å². The van der Waals surface area contributed by atoms with Gasteiger partial charge in [-0.2, -0.15) is 4.98 Å². The van der Waals surface area contributed by atoms with Crippen molar-refractivity contribution in [1.29, 1.82) is 0 Å². The molecule has 8 heteroatoms. The lowest BCUT2D eigenvalue weighted by molar-refractivity contribution is 0.415. The Morgan fingerprint density at radius 3 is 2.41 bits per heavy atom. The summed E-state index contributed by atoms with van der Waals surface area (Å²) in [6, 6.07) is 12.1. The fourth-order valence-electron chi connectivity index (χ4n) is 3.36. The molecule has 0 unspecified atom stereocenters. The molecular formula is C21H20BrFN2O3S. The maximum Gasteiger partial charge on any atom is 0.236 e. The Morgan fingerprint density at radius 2 is 1.76 bits per heavy atom. The smallest absolute Gasteiger partial charge is 0.236 e. The van der Waals surface area contributed by atoms with E-state index >= 15 is 0 Å². The lowest BCUT2D eigenvalue weighted by Crippen LogP contribution is -2.33. The van der Waals surface area contributed by atoms with Crippen LogP contribution in [0, 0.1) is 11.7 Å². The molecule has 0 bridgehead atoms. The van der Waals surface area contributed by atoms with Crippen molar-refractivity contribution in [3.05, 3.63) is 58.8 Å². The zero-order chi connectivity index (χ0) is 20.6. The number of benzene rings is 2. The van der Waals surface area contributed by atoms with Gasteiger partial charge < -0.3 is 9.32 Å². The molecule has 2 aromatic carbocycles. The molecule has 2 heterocycles. The second-order valence-corrected chi connectivity index (χ2v) is 9.96. The van der Waals surface area contributed by atoms with E-state index in [0.717, 1.165) is 29.4 Å². The molecule has 1 aliphatic rings. The number of hydrogen-bond acceptors (Lipinski definition) is 5. The molecule has 0 amide bonds.